The second-order valence-corrected chi connectivity index (χ2v) is 8.11. The van der Waals surface area contributed by atoms with Crippen LogP contribution in [0.2, 0.25) is 0 Å². The quantitative estimate of drug-likeness (QED) is 0.239. The summed E-state index contributed by atoms with van der Waals surface area (Å²) in [6.45, 7) is 1.29. The third kappa shape index (κ3) is 5.32. The Morgan fingerprint density at radius 3 is 2.44 bits per heavy atom. The van der Waals surface area contributed by atoms with Crippen molar-refractivity contribution in [3.05, 3.63) is 54.1 Å². The number of hydrogen-bond acceptors (Lipinski definition) is 7. The molecule has 0 aromatic heterocycles. The predicted octanol–water partition coefficient (Wildman–Crippen LogP) is 2.22. The standard InChI is InChI=1S/C22H27N3O6S/c1-30-20-9-8-18(15-21(20)31-2)25(32(28)29)17-11-13-24(14-12-17)19-6-4-3-5-16(19)7-10-22(26)23-27/h3-10,15,17,27,32H,11-14H2,1-2H3,(H,23,26)/b10-7+. The lowest BCUT2D eigenvalue weighted by Gasteiger charge is -2.38. The second-order valence-electron chi connectivity index (χ2n) is 7.21. The lowest BCUT2D eigenvalue weighted by molar-refractivity contribution is -0.124. The van der Waals surface area contributed by atoms with Gasteiger partial charge in [0.25, 0.3) is 5.91 Å². The zero-order valence-electron chi connectivity index (χ0n) is 17.9. The van der Waals surface area contributed by atoms with Crippen LogP contribution >= 0.6 is 0 Å². The Bertz CT molecular complexity index is 1040. The first-order valence-corrected chi connectivity index (χ1v) is 11.2. The van der Waals surface area contributed by atoms with Crippen molar-refractivity contribution in [2.75, 3.05) is 36.5 Å². The molecule has 3 rings (SSSR count). The molecule has 10 heteroatoms. The van der Waals surface area contributed by atoms with E-state index >= 15 is 0 Å². The van der Waals surface area contributed by atoms with Crippen LogP contribution in [0.3, 0.4) is 0 Å². The first-order valence-electron chi connectivity index (χ1n) is 10.1. The smallest absolute Gasteiger partial charge is 0.267 e. The van der Waals surface area contributed by atoms with Crippen LogP contribution in [0.15, 0.2) is 48.5 Å². The molecular weight excluding hydrogens is 434 g/mol. The molecule has 1 heterocycles. The normalized spacial score (nSPS) is 14.6. The monoisotopic (exact) mass is 461 g/mol. The van der Waals surface area contributed by atoms with Crippen molar-refractivity contribution in [1.82, 2.24) is 5.48 Å². The molecule has 1 saturated heterocycles. The topological polar surface area (TPSA) is 108 Å². The van der Waals surface area contributed by atoms with Crippen LogP contribution in [-0.2, 0) is 15.7 Å². The number of piperidine rings is 1. The zero-order chi connectivity index (χ0) is 23.1. The number of carbonyl (C=O) groups is 1. The highest BCUT2D eigenvalue weighted by molar-refractivity contribution is 7.74. The maximum Gasteiger partial charge on any atom is 0.267 e. The average molecular weight is 462 g/mol. The van der Waals surface area contributed by atoms with E-state index in [4.69, 9.17) is 14.7 Å². The number of methoxy groups -OCH3 is 2. The van der Waals surface area contributed by atoms with Gasteiger partial charge in [-0.1, -0.05) is 18.2 Å². The summed E-state index contributed by atoms with van der Waals surface area (Å²) in [7, 11) is 0.197. The summed E-state index contributed by atoms with van der Waals surface area (Å²) >= 11 is 0. The molecule has 172 valence electrons. The Kier molecular flexibility index (Phi) is 7.96. The van der Waals surface area contributed by atoms with Crippen molar-refractivity contribution < 1.29 is 27.9 Å². The lowest BCUT2D eigenvalue weighted by Crippen LogP contribution is -2.44. The average Bonchev–Trinajstić information content (AvgIpc) is 2.83. The number of hydrogen-bond donors (Lipinski definition) is 3. The fourth-order valence-electron chi connectivity index (χ4n) is 3.88. The summed E-state index contributed by atoms with van der Waals surface area (Å²) in [5, 5.41) is 8.68. The van der Waals surface area contributed by atoms with Crippen LogP contribution in [0.5, 0.6) is 11.5 Å². The molecule has 1 amide bonds. The zero-order valence-corrected chi connectivity index (χ0v) is 18.8. The van der Waals surface area contributed by atoms with E-state index in [1.807, 2.05) is 24.3 Å². The molecule has 9 nitrogen and oxygen atoms in total. The highest BCUT2D eigenvalue weighted by Gasteiger charge is 2.28. The first kappa shape index (κ1) is 23.4. The number of anilines is 2. The van der Waals surface area contributed by atoms with Gasteiger partial charge in [-0.3, -0.25) is 14.3 Å². The number of ether oxygens (including phenoxy) is 2. The maximum absolute atomic E-state index is 12.1. The Morgan fingerprint density at radius 1 is 1.12 bits per heavy atom. The van der Waals surface area contributed by atoms with Crippen molar-refractivity contribution in [1.29, 1.82) is 0 Å². The van der Waals surface area contributed by atoms with Crippen LogP contribution < -0.4 is 24.2 Å². The lowest BCUT2D eigenvalue weighted by atomic mass is 10.0. The molecule has 32 heavy (non-hydrogen) atoms. The number of nitrogens with zero attached hydrogens (tertiary/aromatic N) is 2. The second kappa shape index (κ2) is 10.9. The summed E-state index contributed by atoms with van der Waals surface area (Å²) in [6, 6.07) is 12.5. The van der Waals surface area contributed by atoms with Gasteiger partial charge < -0.3 is 14.4 Å². The molecule has 2 aromatic carbocycles. The van der Waals surface area contributed by atoms with Gasteiger partial charge in [-0.05, 0) is 42.7 Å². The third-order valence-corrected chi connectivity index (χ3v) is 6.33. The molecule has 1 fully saturated rings. The van der Waals surface area contributed by atoms with E-state index in [9.17, 15) is 13.2 Å². The summed E-state index contributed by atoms with van der Waals surface area (Å²) in [4.78, 5) is 13.5. The SMILES string of the molecule is COc1ccc(N(C2CCN(c3ccccc3/C=C/C(=O)NO)CC2)[SH](=O)=O)cc1OC. The summed E-state index contributed by atoms with van der Waals surface area (Å²) in [6.07, 6.45) is 4.16. The Balaban J connectivity index is 1.77. The van der Waals surface area contributed by atoms with Gasteiger partial charge in [-0.2, -0.15) is 0 Å². The molecular formula is C22H27N3O6S. The fourth-order valence-corrected chi connectivity index (χ4v) is 4.69. The van der Waals surface area contributed by atoms with Crippen LogP contribution in [0.4, 0.5) is 11.4 Å². The van der Waals surface area contributed by atoms with Gasteiger partial charge in [0.2, 0.25) is 10.9 Å². The summed E-state index contributed by atoms with van der Waals surface area (Å²) < 4.78 is 36.3. The van der Waals surface area contributed by atoms with Gasteiger partial charge in [0, 0.05) is 37.0 Å². The highest BCUT2D eigenvalue weighted by atomic mass is 32.2. The molecule has 0 aliphatic carbocycles. The van der Waals surface area contributed by atoms with Gasteiger partial charge in [-0.25, -0.2) is 13.9 Å². The van der Waals surface area contributed by atoms with E-state index in [0.717, 1.165) is 11.3 Å². The number of thiol groups is 1. The van der Waals surface area contributed by atoms with Crippen LogP contribution in [0.1, 0.15) is 18.4 Å². The number of amides is 1. The van der Waals surface area contributed by atoms with Gasteiger partial charge in [-0.15, -0.1) is 0 Å². The third-order valence-electron chi connectivity index (χ3n) is 5.42. The van der Waals surface area contributed by atoms with Crippen LogP contribution in [0.25, 0.3) is 6.08 Å². The van der Waals surface area contributed by atoms with Crippen molar-refractivity contribution in [3.8, 4) is 11.5 Å². The fraction of sp³-hybridized carbons (Fsp3) is 0.318. The molecule has 1 aliphatic rings. The molecule has 0 bridgehead atoms. The van der Waals surface area contributed by atoms with E-state index in [1.54, 1.807) is 29.8 Å². The minimum Gasteiger partial charge on any atom is -0.493 e. The van der Waals surface area contributed by atoms with Gasteiger partial charge in [0.1, 0.15) is 0 Å². The Hall–Kier alpha value is -3.24. The van der Waals surface area contributed by atoms with Crippen LogP contribution in [-0.4, -0.2) is 52.9 Å². The number of carbonyl (C=O) groups excluding carboxylic acids is 1. The van der Waals surface area contributed by atoms with E-state index in [0.29, 0.717) is 43.1 Å². The maximum atomic E-state index is 12.1. The van der Waals surface area contributed by atoms with Gasteiger partial charge in [0.05, 0.1) is 19.9 Å². The molecule has 0 atom stereocenters. The minimum atomic E-state index is -2.84. The molecule has 1 aliphatic heterocycles. The van der Waals surface area contributed by atoms with Gasteiger partial charge in [0.15, 0.2) is 11.5 Å². The minimum absolute atomic E-state index is 0.187. The first-order chi connectivity index (χ1) is 15.5. The van der Waals surface area contributed by atoms with Crippen molar-refractivity contribution >= 4 is 34.2 Å². The molecule has 0 unspecified atom stereocenters. The van der Waals surface area contributed by atoms with E-state index < -0.39 is 16.8 Å². The van der Waals surface area contributed by atoms with E-state index in [1.165, 1.54) is 24.6 Å². The van der Waals surface area contributed by atoms with E-state index in [-0.39, 0.29) is 6.04 Å². The molecule has 0 saturated carbocycles. The largest absolute Gasteiger partial charge is 0.493 e. The Morgan fingerprint density at radius 2 is 1.81 bits per heavy atom. The predicted molar refractivity (Wildman–Crippen MR) is 123 cm³/mol. The van der Waals surface area contributed by atoms with Crippen molar-refractivity contribution in [2.45, 2.75) is 18.9 Å². The van der Waals surface area contributed by atoms with Crippen molar-refractivity contribution in [2.24, 2.45) is 0 Å². The number of hydroxylamine groups is 1. The van der Waals surface area contributed by atoms with E-state index in [2.05, 4.69) is 4.90 Å². The number of para-hydroxylation sites is 1. The number of rotatable bonds is 8. The summed E-state index contributed by atoms with van der Waals surface area (Å²) in [5.41, 5.74) is 3.89. The molecule has 2 aromatic rings. The van der Waals surface area contributed by atoms with Crippen LogP contribution in [0, 0.1) is 0 Å². The van der Waals surface area contributed by atoms with Gasteiger partial charge >= 0.3 is 0 Å². The molecule has 2 N–H and O–H groups in total. The Labute approximate surface area is 188 Å². The summed E-state index contributed by atoms with van der Waals surface area (Å²) in [5.74, 6) is 0.395. The number of benzene rings is 2. The molecule has 0 radical (unpaired) electrons. The number of nitrogens with one attached hydrogen (secondary N) is 1. The highest BCUT2D eigenvalue weighted by Crippen LogP contribution is 2.34. The van der Waals surface area contributed by atoms with Crippen molar-refractivity contribution in [3.63, 3.8) is 0 Å². The molecule has 0 spiro atoms.